The van der Waals surface area contributed by atoms with Crippen LogP contribution in [-0.2, 0) is 17.6 Å². The number of carbonyl (C=O) groups is 2. The van der Waals surface area contributed by atoms with Crippen LogP contribution in [0.5, 0.6) is 0 Å². The maximum atomic E-state index is 13.1. The molecule has 1 aliphatic rings. The molecular weight excluding hydrogens is 432 g/mol. The first kappa shape index (κ1) is 21.3. The zero-order valence-corrected chi connectivity index (χ0v) is 19.2. The predicted molar refractivity (Wildman–Crippen MR) is 132 cm³/mol. The van der Waals surface area contributed by atoms with Crippen molar-refractivity contribution in [2.45, 2.75) is 32.6 Å². The summed E-state index contributed by atoms with van der Waals surface area (Å²) in [6.45, 7) is 2.04. The molecule has 0 unspecified atom stereocenters. The number of ether oxygens (including phenoxy) is 1. The number of fused-ring (bicyclic) bond motifs is 3. The normalized spacial score (nSPS) is 12.9. The lowest BCUT2D eigenvalue weighted by atomic mass is 9.87. The van der Waals surface area contributed by atoms with E-state index >= 15 is 0 Å². The second kappa shape index (κ2) is 9.16. The molecule has 0 saturated heterocycles. The molecule has 6 heteroatoms. The van der Waals surface area contributed by atoms with Gasteiger partial charge in [0.15, 0.2) is 0 Å². The van der Waals surface area contributed by atoms with Gasteiger partial charge in [0.05, 0.1) is 18.0 Å². The molecule has 0 bridgehead atoms. The van der Waals surface area contributed by atoms with E-state index in [1.165, 1.54) is 22.5 Å². The first-order valence-electron chi connectivity index (χ1n) is 11.2. The van der Waals surface area contributed by atoms with Crippen LogP contribution in [0.25, 0.3) is 21.5 Å². The highest BCUT2D eigenvalue weighted by Gasteiger charge is 2.28. The van der Waals surface area contributed by atoms with Crippen LogP contribution < -0.4 is 5.32 Å². The van der Waals surface area contributed by atoms with Gasteiger partial charge < -0.3 is 10.1 Å². The third-order valence-corrected chi connectivity index (χ3v) is 7.00. The smallest absolute Gasteiger partial charge is 0.350 e. The van der Waals surface area contributed by atoms with Crippen LogP contribution in [0.3, 0.4) is 0 Å². The molecular formula is C27H24N2O3S. The number of esters is 1. The number of rotatable bonds is 5. The molecule has 5 rings (SSSR count). The van der Waals surface area contributed by atoms with Gasteiger partial charge in [-0.25, -0.2) is 9.78 Å². The number of benzene rings is 2. The average Bonchev–Trinajstić information content (AvgIpc) is 3.23. The van der Waals surface area contributed by atoms with Crippen LogP contribution in [-0.4, -0.2) is 23.5 Å². The van der Waals surface area contributed by atoms with E-state index in [9.17, 15) is 9.59 Å². The van der Waals surface area contributed by atoms with Crippen LogP contribution in [0.4, 0.5) is 5.69 Å². The number of hydrogen-bond donors (Lipinski definition) is 1. The molecule has 0 saturated carbocycles. The first-order valence-corrected chi connectivity index (χ1v) is 12.1. The molecule has 0 fully saturated rings. The number of amides is 1. The van der Waals surface area contributed by atoms with Crippen molar-refractivity contribution in [3.63, 3.8) is 0 Å². The Hall–Kier alpha value is -3.51. The topological polar surface area (TPSA) is 68.3 Å². The molecule has 4 aromatic rings. The number of pyridine rings is 1. The summed E-state index contributed by atoms with van der Waals surface area (Å²) in [7, 11) is 0. The molecule has 1 amide bonds. The SMILES string of the molecule is CCOC(=O)c1sc2nc(-c3ccccc3)c3c(c2c1NC(=O)c1ccccc1)CCCC3. The van der Waals surface area contributed by atoms with E-state index in [1.54, 1.807) is 19.1 Å². The molecule has 0 atom stereocenters. The minimum absolute atomic E-state index is 0.252. The number of anilines is 1. The zero-order valence-electron chi connectivity index (χ0n) is 18.4. The lowest BCUT2D eigenvalue weighted by Gasteiger charge is -2.21. The van der Waals surface area contributed by atoms with Gasteiger partial charge in [-0.2, -0.15) is 0 Å². The number of aryl methyl sites for hydroxylation is 1. The fourth-order valence-electron chi connectivity index (χ4n) is 4.46. The number of thiophene rings is 1. The van der Waals surface area contributed by atoms with Crippen LogP contribution in [0.15, 0.2) is 60.7 Å². The highest BCUT2D eigenvalue weighted by Crippen LogP contribution is 2.43. The predicted octanol–water partition coefficient (Wildman–Crippen LogP) is 6.27. The number of nitrogens with zero attached hydrogens (tertiary/aromatic N) is 1. The molecule has 0 spiro atoms. The summed E-state index contributed by atoms with van der Waals surface area (Å²) in [5.74, 6) is -0.688. The largest absolute Gasteiger partial charge is 0.462 e. The Balaban J connectivity index is 1.73. The van der Waals surface area contributed by atoms with E-state index in [2.05, 4.69) is 17.4 Å². The van der Waals surface area contributed by atoms with E-state index in [0.29, 0.717) is 16.1 Å². The van der Waals surface area contributed by atoms with E-state index in [4.69, 9.17) is 9.72 Å². The fourth-order valence-corrected chi connectivity index (χ4v) is 5.51. The highest BCUT2D eigenvalue weighted by molar-refractivity contribution is 7.21. The summed E-state index contributed by atoms with van der Waals surface area (Å²) >= 11 is 1.29. The minimum atomic E-state index is -0.435. The third-order valence-electron chi connectivity index (χ3n) is 5.94. The number of nitrogens with one attached hydrogen (secondary N) is 1. The van der Waals surface area contributed by atoms with Crippen molar-refractivity contribution in [1.29, 1.82) is 0 Å². The van der Waals surface area contributed by atoms with E-state index < -0.39 is 5.97 Å². The molecule has 5 nitrogen and oxygen atoms in total. The van der Waals surface area contributed by atoms with E-state index in [-0.39, 0.29) is 12.5 Å². The van der Waals surface area contributed by atoms with Crippen LogP contribution >= 0.6 is 11.3 Å². The van der Waals surface area contributed by atoms with Crippen LogP contribution in [0.2, 0.25) is 0 Å². The van der Waals surface area contributed by atoms with Crippen molar-refractivity contribution in [2.24, 2.45) is 0 Å². The van der Waals surface area contributed by atoms with Gasteiger partial charge in [-0.3, -0.25) is 4.79 Å². The van der Waals surface area contributed by atoms with E-state index in [1.807, 2.05) is 36.4 Å². The van der Waals surface area contributed by atoms with Crippen LogP contribution in [0.1, 0.15) is 50.9 Å². The van der Waals surface area contributed by atoms with Crippen molar-refractivity contribution in [1.82, 2.24) is 4.98 Å². The maximum absolute atomic E-state index is 13.1. The summed E-state index contributed by atoms with van der Waals surface area (Å²) in [6.07, 6.45) is 3.98. The van der Waals surface area contributed by atoms with Gasteiger partial charge in [0.1, 0.15) is 9.71 Å². The van der Waals surface area contributed by atoms with Gasteiger partial charge in [-0.05, 0) is 55.9 Å². The summed E-state index contributed by atoms with van der Waals surface area (Å²) in [5.41, 5.74) is 5.49. The summed E-state index contributed by atoms with van der Waals surface area (Å²) in [6, 6.07) is 19.2. The summed E-state index contributed by atoms with van der Waals surface area (Å²) < 4.78 is 5.34. The second-order valence-electron chi connectivity index (χ2n) is 8.02. The molecule has 2 aromatic heterocycles. The van der Waals surface area contributed by atoms with Gasteiger partial charge in [0.25, 0.3) is 5.91 Å². The van der Waals surface area contributed by atoms with Crippen molar-refractivity contribution >= 4 is 39.1 Å². The highest BCUT2D eigenvalue weighted by atomic mass is 32.1. The molecule has 1 aliphatic carbocycles. The number of hydrogen-bond acceptors (Lipinski definition) is 5. The molecule has 2 heterocycles. The summed E-state index contributed by atoms with van der Waals surface area (Å²) in [4.78, 5) is 32.1. The maximum Gasteiger partial charge on any atom is 0.350 e. The Labute approximate surface area is 196 Å². The second-order valence-corrected chi connectivity index (χ2v) is 9.02. The Kier molecular flexibility index (Phi) is 5.92. The molecule has 1 N–H and O–H groups in total. The lowest BCUT2D eigenvalue weighted by molar-refractivity contribution is 0.0533. The standard InChI is InChI=1S/C27H24N2O3S/c1-2-32-27(31)24-23(28-25(30)18-13-7-4-8-14-18)21-19-15-9-10-16-20(19)22(29-26(21)33-24)17-11-5-3-6-12-17/h3-8,11-14H,2,9-10,15-16H2,1H3,(H,28,30). The first-order chi connectivity index (χ1) is 16.2. The zero-order chi connectivity index (χ0) is 22.8. The van der Waals surface area contributed by atoms with Gasteiger partial charge >= 0.3 is 5.97 Å². The third kappa shape index (κ3) is 4.02. The van der Waals surface area contributed by atoms with Crippen molar-refractivity contribution < 1.29 is 14.3 Å². The quantitative estimate of drug-likeness (QED) is 0.359. The number of carbonyl (C=O) groups excluding carboxylic acids is 2. The molecule has 0 radical (unpaired) electrons. The molecule has 0 aliphatic heterocycles. The van der Waals surface area contributed by atoms with Crippen molar-refractivity contribution in [3.8, 4) is 11.3 Å². The van der Waals surface area contributed by atoms with Gasteiger partial charge in [-0.1, -0.05) is 48.5 Å². The number of aromatic nitrogens is 1. The Morgan fingerprint density at radius 1 is 0.970 bits per heavy atom. The van der Waals surface area contributed by atoms with Crippen LogP contribution in [0, 0.1) is 0 Å². The Bertz CT molecular complexity index is 1330. The average molecular weight is 457 g/mol. The Morgan fingerprint density at radius 2 is 1.64 bits per heavy atom. The van der Waals surface area contributed by atoms with Crippen molar-refractivity contribution in [2.75, 3.05) is 11.9 Å². The monoisotopic (exact) mass is 456 g/mol. The van der Waals surface area contributed by atoms with Gasteiger partial charge in [0, 0.05) is 16.5 Å². The molecule has 166 valence electrons. The summed E-state index contributed by atoms with van der Waals surface area (Å²) in [5, 5.41) is 3.91. The van der Waals surface area contributed by atoms with E-state index in [0.717, 1.165) is 47.2 Å². The lowest BCUT2D eigenvalue weighted by Crippen LogP contribution is -2.15. The van der Waals surface area contributed by atoms with Gasteiger partial charge in [-0.15, -0.1) is 11.3 Å². The van der Waals surface area contributed by atoms with Crippen molar-refractivity contribution in [3.05, 3.63) is 82.2 Å². The fraction of sp³-hybridized carbons (Fsp3) is 0.222. The van der Waals surface area contributed by atoms with Gasteiger partial charge in [0.2, 0.25) is 0 Å². The molecule has 33 heavy (non-hydrogen) atoms. The minimum Gasteiger partial charge on any atom is -0.462 e. The Morgan fingerprint density at radius 3 is 2.33 bits per heavy atom. The molecule has 2 aromatic carbocycles.